The molecule has 0 aliphatic heterocycles. The number of aromatic amines is 1. The summed E-state index contributed by atoms with van der Waals surface area (Å²) >= 11 is 4.88. The average molecular weight is 262 g/mol. The van der Waals surface area contributed by atoms with Crippen molar-refractivity contribution in [3.05, 3.63) is 40.3 Å². The zero-order chi connectivity index (χ0) is 13.1. The fourth-order valence-electron chi connectivity index (χ4n) is 1.34. The van der Waals surface area contributed by atoms with Crippen molar-refractivity contribution in [1.29, 1.82) is 0 Å². The molecule has 0 saturated carbocycles. The summed E-state index contributed by atoms with van der Waals surface area (Å²) in [7, 11) is 0. The van der Waals surface area contributed by atoms with Crippen LogP contribution in [0.15, 0.2) is 24.3 Å². The Morgan fingerprint density at radius 3 is 2.67 bits per heavy atom. The van der Waals surface area contributed by atoms with E-state index in [9.17, 15) is 4.79 Å². The highest BCUT2D eigenvalue weighted by Crippen LogP contribution is 2.16. The Morgan fingerprint density at radius 1 is 1.39 bits per heavy atom. The number of carbonyl (C=O) groups is 1. The van der Waals surface area contributed by atoms with Crippen LogP contribution >= 0.6 is 12.2 Å². The van der Waals surface area contributed by atoms with Gasteiger partial charge in [0.05, 0.1) is 5.56 Å². The molecule has 92 valence electrons. The lowest BCUT2D eigenvalue weighted by atomic mass is 10.2. The monoisotopic (exact) mass is 262 g/mol. The Balaban J connectivity index is 2.26. The molecule has 0 unspecified atom stereocenters. The van der Waals surface area contributed by atoms with Crippen molar-refractivity contribution in [2.75, 3.05) is 5.32 Å². The summed E-state index contributed by atoms with van der Waals surface area (Å²) in [5.74, 6) is -0.415. The third-order valence-corrected chi connectivity index (χ3v) is 2.45. The number of anilines is 2. The summed E-state index contributed by atoms with van der Waals surface area (Å²) in [4.78, 5) is 14.8. The van der Waals surface area contributed by atoms with Crippen LogP contribution in [0, 0.1) is 11.7 Å². The quantitative estimate of drug-likeness (QED) is 0.735. The van der Waals surface area contributed by atoms with Gasteiger partial charge in [-0.05, 0) is 43.4 Å². The molecule has 0 fully saturated rings. The number of aryl methyl sites for hydroxylation is 1. The molecule has 3 N–H and O–H groups in total. The second-order valence-corrected chi connectivity index (χ2v) is 3.97. The van der Waals surface area contributed by atoms with E-state index >= 15 is 0 Å². The van der Waals surface area contributed by atoms with Crippen LogP contribution in [0.2, 0.25) is 0 Å². The highest BCUT2D eigenvalue weighted by molar-refractivity contribution is 7.71. The molecule has 1 aromatic carbocycles. The van der Waals surface area contributed by atoms with E-state index in [4.69, 9.17) is 17.3 Å². The van der Waals surface area contributed by atoms with E-state index in [1.807, 2.05) is 0 Å². The smallest absolute Gasteiger partial charge is 0.335 e. The summed E-state index contributed by atoms with van der Waals surface area (Å²) in [5.41, 5.74) is 1.62. The molecule has 0 saturated heterocycles. The van der Waals surface area contributed by atoms with Gasteiger partial charge in [0.1, 0.15) is 5.69 Å². The second kappa shape index (κ2) is 4.92. The zero-order valence-corrected chi connectivity index (χ0v) is 10.3. The number of hydrogen-bond donors (Lipinski definition) is 3. The average Bonchev–Trinajstić information content (AvgIpc) is 2.34. The molecule has 0 aliphatic rings. The largest absolute Gasteiger partial charge is 0.478 e. The van der Waals surface area contributed by atoms with E-state index in [0.717, 1.165) is 5.69 Å². The molecule has 0 spiro atoms. The second-order valence-electron chi connectivity index (χ2n) is 3.58. The molecule has 0 atom stereocenters. The third-order valence-electron chi connectivity index (χ3n) is 2.27. The Labute approximate surface area is 108 Å². The molecule has 0 aliphatic carbocycles. The van der Waals surface area contributed by atoms with Gasteiger partial charge in [-0.1, -0.05) is 0 Å². The first-order valence-corrected chi connectivity index (χ1v) is 5.51. The van der Waals surface area contributed by atoms with Crippen LogP contribution in [0.1, 0.15) is 16.1 Å². The lowest BCUT2D eigenvalue weighted by Gasteiger charge is -2.07. The van der Waals surface area contributed by atoms with Gasteiger partial charge in [-0.3, -0.25) is 5.10 Å². The summed E-state index contributed by atoms with van der Waals surface area (Å²) in [5, 5.41) is 18.4. The van der Waals surface area contributed by atoms with Crippen LogP contribution in [-0.4, -0.2) is 26.3 Å². The van der Waals surface area contributed by atoms with Crippen molar-refractivity contribution >= 4 is 29.7 Å². The minimum atomic E-state index is -0.959. The Kier molecular flexibility index (Phi) is 3.33. The van der Waals surface area contributed by atoms with Crippen LogP contribution in [0.3, 0.4) is 0 Å². The van der Waals surface area contributed by atoms with Crippen molar-refractivity contribution in [3.8, 4) is 0 Å². The number of carboxylic acids is 1. The molecule has 18 heavy (non-hydrogen) atoms. The molecular formula is C11H10N4O2S. The van der Waals surface area contributed by atoms with Crippen LogP contribution in [0.25, 0.3) is 0 Å². The number of nitrogens with zero attached hydrogens (tertiary/aromatic N) is 2. The van der Waals surface area contributed by atoms with Crippen molar-refractivity contribution in [1.82, 2.24) is 15.2 Å². The number of aromatic nitrogens is 3. The summed E-state index contributed by atoms with van der Waals surface area (Å²) < 4.78 is 0.283. The minimum Gasteiger partial charge on any atom is -0.478 e. The fourth-order valence-corrected chi connectivity index (χ4v) is 1.48. The van der Waals surface area contributed by atoms with Gasteiger partial charge in [-0.2, -0.15) is 10.1 Å². The first-order valence-electron chi connectivity index (χ1n) is 5.10. The van der Waals surface area contributed by atoms with Crippen LogP contribution in [0.4, 0.5) is 11.5 Å². The number of benzene rings is 1. The highest BCUT2D eigenvalue weighted by Gasteiger charge is 2.04. The van der Waals surface area contributed by atoms with Crippen molar-refractivity contribution in [2.45, 2.75) is 6.92 Å². The number of nitrogens with one attached hydrogen (secondary N) is 2. The molecule has 1 heterocycles. The number of H-pyrrole nitrogens is 1. The number of carboxylic acid groups (broad SMARTS) is 1. The maximum atomic E-state index is 10.7. The maximum Gasteiger partial charge on any atom is 0.335 e. The van der Waals surface area contributed by atoms with Gasteiger partial charge in [0, 0.05) is 5.69 Å². The van der Waals surface area contributed by atoms with Gasteiger partial charge in [-0.25, -0.2) is 4.79 Å². The maximum absolute atomic E-state index is 10.7. The molecular weight excluding hydrogens is 252 g/mol. The van der Waals surface area contributed by atoms with E-state index < -0.39 is 5.97 Å². The van der Waals surface area contributed by atoms with Gasteiger partial charge < -0.3 is 10.4 Å². The molecule has 0 radical (unpaired) electrons. The van der Waals surface area contributed by atoms with Gasteiger partial charge in [-0.15, -0.1) is 0 Å². The minimum absolute atomic E-state index is 0.230. The first-order chi connectivity index (χ1) is 8.56. The molecule has 0 amide bonds. The zero-order valence-electron chi connectivity index (χ0n) is 9.47. The fraction of sp³-hybridized carbons (Fsp3) is 0.0909. The topological polar surface area (TPSA) is 90.9 Å². The molecule has 2 rings (SSSR count). The van der Waals surface area contributed by atoms with Crippen molar-refractivity contribution in [3.63, 3.8) is 0 Å². The Morgan fingerprint density at radius 2 is 2.06 bits per heavy atom. The van der Waals surface area contributed by atoms with Crippen LogP contribution in [0.5, 0.6) is 0 Å². The lowest BCUT2D eigenvalue weighted by Crippen LogP contribution is -2.01. The van der Waals surface area contributed by atoms with Crippen LogP contribution in [-0.2, 0) is 0 Å². The predicted octanol–water partition coefficient (Wildman–Crippen LogP) is 2.28. The number of rotatable bonds is 3. The van der Waals surface area contributed by atoms with Gasteiger partial charge >= 0.3 is 5.97 Å². The standard InChI is InChI=1S/C11H10N4O2S/c1-6-9(13-11(18)15-14-6)12-8-4-2-7(3-5-8)10(16)17/h2-5H,1H3,(H,16,17)(H2,12,13,15,18). The van der Waals surface area contributed by atoms with E-state index in [1.54, 1.807) is 19.1 Å². The van der Waals surface area contributed by atoms with E-state index in [1.165, 1.54) is 12.1 Å². The lowest BCUT2D eigenvalue weighted by molar-refractivity contribution is 0.0697. The SMILES string of the molecule is Cc1n[nH]c(=S)nc1Nc1ccc(C(=O)O)cc1. The predicted molar refractivity (Wildman–Crippen MR) is 68.6 cm³/mol. The van der Waals surface area contributed by atoms with E-state index in [-0.39, 0.29) is 10.3 Å². The van der Waals surface area contributed by atoms with E-state index in [0.29, 0.717) is 11.5 Å². The van der Waals surface area contributed by atoms with Gasteiger partial charge in [0.15, 0.2) is 5.82 Å². The van der Waals surface area contributed by atoms with Gasteiger partial charge in [0.25, 0.3) is 0 Å². The molecule has 0 bridgehead atoms. The summed E-state index contributed by atoms with van der Waals surface area (Å²) in [6, 6.07) is 6.34. The van der Waals surface area contributed by atoms with Crippen molar-refractivity contribution < 1.29 is 9.90 Å². The number of aromatic carboxylic acids is 1. The first kappa shape index (κ1) is 12.2. The summed E-state index contributed by atoms with van der Waals surface area (Å²) in [6.45, 7) is 1.78. The molecule has 1 aromatic heterocycles. The highest BCUT2D eigenvalue weighted by atomic mass is 32.1. The molecule has 6 nitrogen and oxygen atoms in total. The van der Waals surface area contributed by atoms with Crippen molar-refractivity contribution in [2.24, 2.45) is 0 Å². The van der Waals surface area contributed by atoms with Crippen LogP contribution < -0.4 is 5.32 Å². The third kappa shape index (κ3) is 2.69. The Hall–Kier alpha value is -2.28. The van der Waals surface area contributed by atoms with E-state index in [2.05, 4.69) is 20.5 Å². The molecule has 2 aromatic rings. The molecule has 7 heteroatoms. The Bertz CT molecular complexity index is 636. The number of hydrogen-bond acceptors (Lipinski definition) is 5. The summed E-state index contributed by atoms with van der Waals surface area (Å²) in [6.07, 6.45) is 0. The normalized spacial score (nSPS) is 10.1. The van der Waals surface area contributed by atoms with Gasteiger partial charge in [0.2, 0.25) is 4.77 Å².